The van der Waals surface area contributed by atoms with Crippen LogP contribution in [0.15, 0.2) is 9.79 Å². The van der Waals surface area contributed by atoms with Crippen LogP contribution in [-0.4, -0.2) is 17.1 Å². The van der Waals surface area contributed by atoms with Gasteiger partial charge in [0.25, 0.3) is 0 Å². The lowest BCUT2D eigenvalue weighted by Gasteiger charge is -2.20. The van der Waals surface area contributed by atoms with Gasteiger partial charge >= 0.3 is 0 Å². The molecule has 1 atom stereocenters. The Labute approximate surface area is 296 Å². The molecule has 2 aromatic carbocycles. The molecule has 2 aromatic rings. The number of halogens is 8. The quantitative estimate of drug-likeness (QED) is 0.0195. The van der Waals surface area contributed by atoms with Crippen molar-refractivity contribution in [3.8, 4) is 5.75 Å². The Bertz CT molecular complexity index is 1230. The normalized spacial score (nSPS) is 11.9. The summed E-state index contributed by atoms with van der Waals surface area (Å²) < 4.78 is 121. The fraction of sp³-hybridized carbons (Fsp3) is 0.636. The first kappa shape index (κ1) is 46.2. The van der Waals surface area contributed by atoms with Gasteiger partial charge in [-0.2, -0.15) is 4.39 Å². The SMILES string of the molecule is CCCCCCCCCCC(CCCCCCCC)COc1c(F)c(F)c(F)c(F)c1SOOO.Cc1c(F)c(F)c(F)c(SOOO)c1F. The maximum atomic E-state index is 14.4. The van der Waals surface area contributed by atoms with Crippen LogP contribution in [-0.2, 0) is 18.7 Å². The second-order valence-electron chi connectivity index (χ2n) is 11.6. The van der Waals surface area contributed by atoms with Crippen LogP contribution in [0.2, 0.25) is 0 Å². The standard InChI is InChI=1S/C26H42F4O4S.C7H4F4O3S/c1-3-5-7-9-11-12-14-16-18-20(17-15-13-10-8-6-4-2)19-32-25-23(29)21(27)22(28)24(30)26(25)35-34-33-31;1-2-3(8)5(10)6(11)7(4(2)9)15-14-13-12/h20,31H,3-19H2,1-2H3;12H,1H3. The molecule has 0 amide bonds. The molecule has 50 heavy (non-hydrogen) atoms. The maximum absolute atomic E-state index is 14.4. The van der Waals surface area contributed by atoms with Crippen molar-refractivity contribution in [2.75, 3.05) is 6.61 Å². The molecular weight excluding hydrogens is 724 g/mol. The molecule has 0 saturated carbocycles. The number of hydrogen-bond donors (Lipinski definition) is 2. The zero-order valence-corrected chi connectivity index (χ0v) is 30.0. The van der Waals surface area contributed by atoms with Crippen molar-refractivity contribution in [3.63, 3.8) is 0 Å². The van der Waals surface area contributed by atoms with Gasteiger partial charge in [-0.3, -0.25) is 0 Å². The third-order valence-electron chi connectivity index (χ3n) is 7.82. The molecule has 7 nitrogen and oxygen atoms in total. The van der Waals surface area contributed by atoms with E-state index < -0.39 is 67.6 Å². The van der Waals surface area contributed by atoms with Gasteiger partial charge in [-0.15, -0.1) is 8.67 Å². The molecule has 0 bridgehead atoms. The summed E-state index contributed by atoms with van der Waals surface area (Å²) in [5.74, 6) is -14.5. The molecule has 17 heteroatoms. The van der Waals surface area contributed by atoms with Crippen molar-refractivity contribution in [1.29, 1.82) is 0 Å². The molecular formula is C33H46F8O7S2. The van der Waals surface area contributed by atoms with E-state index in [1.807, 2.05) is 0 Å². The van der Waals surface area contributed by atoms with E-state index in [2.05, 4.69) is 32.6 Å². The predicted molar refractivity (Wildman–Crippen MR) is 173 cm³/mol. The minimum atomic E-state index is -1.98. The molecule has 0 radical (unpaired) electrons. The van der Waals surface area contributed by atoms with Crippen LogP contribution < -0.4 is 4.74 Å². The lowest BCUT2D eigenvalue weighted by atomic mass is 9.94. The molecule has 288 valence electrons. The van der Waals surface area contributed by atoms with Crippen LogP contribution >= 0.6 is 24.1 Å². The van der Waals surface area contributed by atoms with Gasteiger partial charge in [0.1, 0.15) is 15.6 Å². The topological polar surface area (TPSA) is 86.6 Å². The molecule has 0 saturated heterocycles. The Morgan fingerprint density at radius 3 is 1.38 bits per heavy atom. The van der Waals surface area contributed by atoms with Crippen molar-refractivity contribution in [2.45, 2.75) is 133 Å². The molecule has 0 aliphatic carbocycles. The van der Waals surface area contributed by atoms with Gasteiger partial charge in [-0.25, -0.2) is 41.2 Å². The van der Waals surface area contributed by atoms with Gasteiger partial charge in [0.15, 0.2) is 34.8 Å². The van der Waals surface area contributed by atoms with Gasteiger partial charge in [-0.05, 0) is 25.7 Å². The summed E-state index contributed by atoms with van der Waals surface area (Å²) in [4.78, 5) is -1.71. The van der Waals surface area contributed by atoms with E-state index in [9.17, 15) is 35.1 Å². The largest absolute Gasteiger partial charge is 0.489 e. The maximum Gasteiger partial charge on any atom is 0.205 e. The van der Waals surface area contributed by atoms with Crippen molar-refractivity contribution < 1.29 is 69.1 Å². The summed E-state index contributed by atoms with van der Waals surface area (Å²) in [5, 5.41) is 22.5. The summed E-state index contributed by atoms with van der Waals surface area (Å²) in [6.45, 7) is 5.33. The van der Waals surface area contributed by atoms with Gasteiger partial charge in [0, 0.05) is 5.56 Å². The first-order valence-corrected chi connectivity index (χ1v) is 18.1. The molecule has 0 aliphatic heterocycles. The minimum absolute atomic E-state index is 0.00496. The first-order chi connectivity index (χ1) is 24.0. The highest BCUT2D eigenvalue weighted by Gasteiger charge is 2.29. The zero-order valence-electron chi connectivity index (χ0n) is 28.4. The highest BCUT2D eigenvalue weighted by Crippen LogP contribution is 2.39. The highest BCUT2D eigenvalue weighted by molar-refractivity contribution is 7.94. The molecule has 2 N–H and O–H groups in total. The average Bonchev–Trinajstić information content (AvgIpc) is 3.11. The fourth-order valence-electron chi connectivity index (χ4n) is 4.98. The highest BCUT2D eigenvalue weighted by atomic mass is 32.2. The van der Waals surface area contributed by atoms with Crippen LogP contribution in [0.4, 0.5) is 35.1 Å². The molecule has 0 aromatic heterocycles. The second-order valence-corrected chi connectivity index (χ2v) is 13.0. The summed E-state index contributed by atoms with van der Waals surface area (Å²) >= 11 is -0.113. The van der Waals surface area contributed by atoms with Crippen LogP contribution in [0.25, 0.3) is 0 Å². The smallest absolute Gasteiger partial charge is 0.205 e. The third kappa shape index (κ3) is 15.8. The van der Waals surface area contributed by atoms with Crippen molar-refractivity contribution in [2.24, 2.45) is 5.92 Å². The van der Waals surface area contributed by atoms with Crippen LogP contribution in [0.1, 0.15) is 122 Å². The van der Waals surface area contributed by atoms with E-state index in [1.54, 1.807) is 0 Å². The number of hydrogen-bond acceptors (Lipinski definition) is 9. The van der Waals surface area contributed by atoms with Crippen molar-refractivity contribution in [3.05, 3.63) is 52.1 Å². The van der Waals surface area contributed by atoms with Crippen LogP contribution in [0.5, 0.6) is 5.75 Å². The first-order valence-electron chi connectivity index (χ1n) is 16.6. The third-order valence-corrected chi connectivity index (χ3v) is 9.13. The predicted octanol–water partition coefficient (Wildman–Crippen LogP) is 12.9. The Balaban J connectivity index is 0.000000690. The summed E-state index contributed by atoms with van der Waals surface area (Å²) in [7, 11) is 0. The van der Waals surface area contributed by atoms with E-state index in [0.717, 1.165) is 58.3 Å². The molecule has 2 rings (SSSR count). The van der Waals surface area contributed by atoms with E-state index >= 15 is 0 Å². The van der Waals surface area contributed by atoms with Crippen molar-refractivity contribution in [1.82, 2.24) is 0 Å². The lowest BCUT2D eigenvalue weighted by Crippen LogP contribution is -2.15. The van der Waals surface area contributed by atoms with E-state index in [4.69, 9.17) is 15.3 Å². The Morgan fingerprint density at radius 2 is 0.900 bits per heavy atom. The van der Waals surface area contributed by atoms with Crippen molar-refractivity contribution >= 4 is 24.1 Å². The van der Waals surface area contributed by atoms with Gasteiger partial charge in [0.05, 0.1) is 30.7 Å². The minimum Gasteiger partial charge on any atom is -0.489 e. The zero-order chi connectivity index (χ0) is 37.5. The summed E-state index contributed by atoms with van der Waals surface area (Å²) in [6.07, 6.45) is 18.0. The molecule has 0 heterocycles. The van der Waals surface area contributed by atoms with Gasteiger partial charge in [0.2, 0.25) is 11.6 Å². The lowest BCUT2D eigenvalue weighted by molar-refractivity contribution is -0.432. The second kappa shape index (κ2) is 26.8. The molecule has 1 unspecified atom stereocenters. The summed E-state index contributed by atoms with van der Waals surface area (Å²) in [6, 6.07) is 0. The van der Waals surface area contributed by atoms with E-state index in [-0.39, 0.29) is 36.6 Å². The summed E-state index contributed by atoms with van der Waals surface area (Å²) in [5.41, 5.74) is -0.696. The molecule has 0 fully saturated rings. The number of rotatable bonds is 25. The number of unbranched alkanes of at least 4 members (excludes halogenated alkanes) is 12. The molecule has 0 aliphatic rings. The monoisotopic (exact) mass is 770 g/mol. The fourth-order valence-corrected chi connectivity index (χ4v) is 5.96. The number of ether oxygens (including phenoxy) is 1. The van der Waals surface area contributed by atoms with Crippen LogP contribution in [0.3, 0.4) is 0 Å². The Hall–Kier alpha value is -1.86. The molecule has 0 spiro atoms. The Morgan fingerprint density at radius 1 is 0.500 bits per heavy atom. The average molecular weight is 771 g/mol. The van der Waals surface area contributed by atoms with Gasteiger partial charge < -0.3 is 4.74 Å². The number of benzene rings is 2. The van der Waals surface area contributed by atoms with E-state index in [0.29, 0.717) is 0 Å². The van der Waals surface area contributed by atoms with Crippen LogP contribution in [0, 0.1) is 59.4 Å². The van der Waals surface area contributed by atoms with E-state index in [1.165, 1.54) is 51.4 Å². The van der Waals surface area contributed by atoms with Gasteiger partial charge in [-0.1, -0.05) is 114 Å². The Kier molecular flexibility index (Phi) is 24.8.